The Hall–Kier alpha value is -0.260. The molecule has 0 spiro atoms. The Kier molecular flexibility index (Phi) is 64.9. The molecule has 0 aromatic rings. The molecule has 0 saturated heterocycles. The highest BCUT2D eigenvalue weighted by atomic mass is 13.9. The first-order valence-corrected chi connectivity index (χ1v) is 6.29. The summed E-state index contributed by atoms with van der Waals surface area (Å²) in [6, 6.07) is 0. The first-order valence-electron chi connectivity index (χ1n) is 6.29. The van der Waals surface area contributed by atoms with Gasteiger partial charge in [0.15, 0.2) is 0 Å². The lowest BCUT2D eigenvalue weighted by Gasteiger charge is -1.95. The van der Waals surface area contributed by atoms with Crippen LogP contribution in [0.1, 0.15) is 74.7 Å². The van der Waals surface area contributed by atoms with Gasteiger partial charge in [-0.25, -0.2) is 0 Å². The summed E-state index contributed by atoms with van der Waals surface area (Å²) in [5, 5.41) is 0. The van der Waals surface area contributed by atoms with E-state index in [0.717, 1.165) is 12.3 Å². The normalized spacial score (nSPS) is 6.93. The zero-order chi connectivity index (χ0) is 12.4. The van der Waals surface area contributed by atoms with Crippen molar-refractivity contribution < 1.29 is 0 Å². The topological polar surface area (TPSA) is 0 Å². The maximum absolute atomic E-state index is 3.48. The maximum Gasteiger partial charge on any atom is -0.0382 e. The van der Waals surface area contributed by atoms with E-state index >= 15 is 0 Å². The summed E-state index contributed by atoms with van der Waals surface area (Å²) in [6.07, 6.45) is 5.66. The fourth-order valence-electron chi connectivity index (χ4n) is 0.577. The van der Waals surface area contributed by atoms with Gasteiger partial charge in [0, 0.05) is 0 Å². The highest BCUT2D eigenvalue weighted by molar-refractivity contribution is 4.60. The molecule has 0 rings (SSSR count). The molecule has 0 N–H and O–H groups in total. The molecular formula is C14H34. The van der Waals surface area contributed by atoms with Gasteiger partial charge in [0.25, 0.3) is 0 Å². The summed E-state index contributed by atoms with van der Waals surface area (Å²) in [5.74, 6) is 0.898. The van der Waals surface area contributed by atoms with E-state index in [1.807, 2.05) is 33.8 Å². The van der Waals surface area contributed by atoms with Crippen LogP contribution in [0.5, 0.6) is 0 Å². The molecule has 0 radical (unpaired) electrons. The third-order valence-corrected chi connectivity index (χ3v) is 1.15. The molecule has 0 aliphatic heterocycles. The minimum Gasteiger partial charge on any atom is -0.103 e. The van der Waals surface area contributed by atoms with Gasteiger partial charge < -0.3 is 0 Å². The second-order valence-corrected chi connectivity index (χ2v) is 2.88. The number of allylic oxidation sites excluding steroid dienone is 1. The van der Waals surface area contributed by atoms with Crippen molar-refractivity contribution in [1.29, 1.82) is 0 Å². The first kappa shape index (κ1) is 23.5. The summed E-state index contributed by atoms with van der Waals surface area (Å²) in [5.41, 5.74) is 0. The summed E-state index contributed by atoms with van der Waals surface area (Å²) >= 11 is 0. The van der Waals surface area contributed by atoms with E-state index in [0.29, 0.717) is 0 Å². The van der Waals surface area contributed by atoms with Crippen molar-refractivity contribution in [2.24, 2.45) is 5.92 Å². The van der Waals surface area contributed by atoms with Crippen molar-refractivity contribution in [2.75, 3.05) is 0 Å². The number of rotatable bonds is 3. The molecule has 0 fully saturated rings. The Balaban J connectivity index is -0.0000000546. The highest BCUT2D eigenvalue weighted by Gasteiger charge is 1.85. The lowest BCUT2D eigenvalue weighted by atomic mass is 10.1. The molecule has 0 amide bonds. The maximum atomic E-state index is 3.48. The molecule has 0 aromatic heterocycles. The molecule has 0 aliphatic carbocycles. The van der Waals surface area contributed by atoms with Gasteiger partial charge in [0.05, 0.1) is 0 Å². The molecule has 0 heterocycles. The molecule has 0 aliphatic rings. The largest absolute Gasteiger partial charge is 0.103 e. The number of hydrogen-bond donors (Lipinski definition) is 0. The summed E-state index contributed by atoms with van der Waals surface area (Å²) in [6.45, 7) is 20.3. The van der Waals surface area contributed by atoms with Crippen molar-refractivity contribution in [3.8, 4) is 0 Å². The van der Waals surface area contributed by atoms with Crippen LogP contribution in [0, 0.1) is 5.92 Å². The molecule has 0 unspecified atom stereocenters. The van der Waals surface area contributed by atoms with Crippen molar-refractivity contribution in [3.05, 3.63) is 12.7 Å². The quantitative estimate of drug-likeness (QED) is 0.487. The summed E-state index contributed by atoms with van der Waals surface area (Å²) in [7, 11) is 0. The lowest BCUT2D eigenvalue weighted by molar-refractivity contribution is 0.576. The van der Waals surface area contributed by atoms with Crippen LogP contribution in [0.3, 0.4) is 0 Å². The van der Waals surface area contributed by atoms with Crippen molar-refractivity contribution in [3.63, 3.8) is 0 Å². The Labute approximate surface area is 93.8 Å². The summed E-state index contributed by atoms with van der Waals surface area (Å²) in [4.78, 5) is 0. The van der Waals surface area contributed by atoms with Crippen LogP contribution < -0.4 is 0 Å². The van der Waals surface area contributed by atoms with Gasteiger partial charge in [-0.15, -0.1) is 6.58 Å². The molecule has 0 saturated carbocycles. The van der Waals surface area contributed by atoms with Crippen LogP contribution >= 0.6 is 0 Å². The van der Waals surface area contributed by atoms with Crippen LogP contribution in [0.25, 0.3) is 0 Å². The van der Waals surface area contributed by atoms with E-state index in [1.165, 1.54) is 12.8 Å². The van der Waals surface area contributed by atoms with E-state index in [4.69, 9.17) is 0 Å². The molecule has 0 aromatic carbocycles. The molecule has 14 heavy (non-hydrogen) atoms. The minimum atomic E-state index is 0.898. The number of hydrogen-bond acceptors (Lipinski definition) is 0. The minimum absolute atomic E-state index is 0.898. The van der Waals surface area contributed by atoms with Gasteiger partial charge in [0.2, 0.25) is 0 Å². The fourth-order valence-corrected chi connectivity index (χ4v) is 0.577. The third kappa shape index (κ3) is 96.8. The smallest absolute Gasteiger partial charge is 0.0382 e. The van der Waals surface area contributed by atoms with Crippen LogP contribution in [0.2, 0.25) is 0 Å². The van der Waals surface area contributed by atoms with Gasteiger partial charge in [-0.05, 0) is 12.3 Å². The molecule has 0 bridgehead atoms. The fraction of sp³-hybridized carbons (Fsp3) is 0.857. The van der Waals surface area contributed by atoms with Gasteiger partial charge in [-0.2, -0.15) is 0 Å². The third-order valence-electron chi connectivity index (χ3n) is 1.15. The van der Waals surface area contributed by atoms with Crippen LogP contribution in [0.15, 0.2) is 12.7 Å². The SMILES string of the molecule is C=CCC.CC.CC.CCCC(C)C. The van der Waals surface area contributed by atoms with Gasteiger partial charge in [-0.1, -0.05) is 74.3 Å². The highest BCUT2D eigenvalue weighted by Crippen LogP contribution is 2.00. The Morgan fingerprint density at radius 3 is 1.29 bits per heavy atom. The van der Waals surface area contributed by atoms with Gasteiger partial charge >= 0.3 is 0 Å². The van der Waals surface area contributed by atoms with E-state index < -0.39 is 0 Å². The summed E-state index contributed by atoms with van der Waals surface area (Å²) < 4.78 is 0. The average molecular weight is 202 g/mol. The molecular weight excluding hydrogens is 168 g/mol. The zero-order valence-corrected chi connectivity index (χ0v) is 12.0. The predicted molar refractivity (Wildman–Crippen MR) is 72.9 cm³/mol. The Morgan fingerprint density at radius 2 is 1.29 bits per heavy atom. The molecule has 90 valence electrons. The van der Waals surface area contributed by atoms with Gasteiger partial charge in [0.1, 0.15) is 0 Å². The standard InChI is InChI=1S/C6H14.C4H8.2C2H6/c1-4-5-6(2)3;1-3-4-2;2*1-2/h6H,4-5H2,1-3H3;3H,1,4H2,2H3;2*1-2H3. The second kappa shape index (κ2) is 38.7. The Bertz CT molecular complexity index is 53.1. The van der Waals surface area contributed by atoms with E-state index in [1.54, 1.807) is 0 Å². The van der Waals surface area contributed by atoms with Crippen molar-refractivity contribution >= 4 is 0 Å². The van der Waals surface area contributed by atoms with E-state index in [2.05, 4.69) is 34.3 Å². The monoisotopic (exact) mass is 202 g/mol. The predicted octanol–water partition coefficient (Wildman–Crippen LogP) is 6.08. The lowest BCUT2D eigenvalue weighted by Crippen LogP contribution is -1.81. The van der Waals surface area contributed by atoms with Crippen LogP contribution in [0.4, 0.5) is 0 Å². The Morgan fingerprint density at radius 1 is 1.00 bits per heavy atom. The van der Waals surface area contributed by atoms with E-state index in [-0.39, 0.29) is 0 Å². The van der Waals surface area contributed by atoms with Crippen molar-refractivity contribution in [2.45, 2.75) is 74.7 Å². The van der Waals surface area contributed by atoms with E-state index in [9.17, 15) is 0 Å². The first-order chi connectivity index (χ1) is 6.68. The van der Waals surface area contributed by atoms with Crippen LogP contribution in [-0.4, -0.2) is 0 Å². The molecule has 0 atom stereocenters. The van der Waals surface area contributed by atoms with Gasteiger partial charge in [-0.3, -0.25) is 0 Å². The zero-order valence-electron chi connectivity index (χ0n) is 12.0. The van der Waals surface area contributed by atoms with Crippen LogP contribution in [-0.2, 0) is 0 Å². The van der Waals surface area contributed by atoms with Crippen molar-refractivity contribution in [1.82, 2.24) is 0 Å². The average Bonchev–Trinajstić information content (AvgIpc) is 2.24. The molecule has 0 nitrogen and oxygen atoms in total. The second-order valence-electron chi connectivity index (χ2n) is 2.88. The molecule has 0 heteroatoms.